The summed E-state index contributed by atoms with van der Waals surface area (Å²) in [5.41, 5.74) is 12.0. The van der Waals surface area contributed by atoms with Crippen molar-refractivity contribution in [2.45, 2.75) is 34.1 Å². The first kappa shape index (κ1) is 21.4. The lowest BCUT2D eigenvalue weighted by Gasteiger charge is -2.16. The summed E-state index contributed by atoms with van der Waals surface area (Å²) >= 11 is 0. The van der Waals surface area contributed by atoms with Crippen molar-refractivity contribution in [3.8, 4) is 11.1 Å². The van der Waals surface area contributed by atoms with Crippen molar-refractivity contribution < 1.29 is 4.57 Å². The molecule has 0 spiro atoms. The number of pyridine rings is 2. The maximum absolute atomic E-state index is 2.57. The van der Waals surface area contributed by atoms with Crippen LogP contribution in [0.15, 0.2) is 79.0 Å². The number of rotatable bonds is 3. The minimum Gasteiger partial charge on any atom is -0.307 e. The molecular formula is C34H31N2+. The van der Waals surface area contributed by atoms with Crippen LogP contribution in [0.25, 0.3) is 60.1 Å². The molecule has 0 saturated carbocycles. The molecule has 0 N–H and O–H groups in total. The van der Waals surface area contributed by atoms with Gasteiger partial charge in [-0.2, -0.15) is 0 Å². The largest absolute Gasteiger partial charge is 0.307 e. The number of fused-ring (bicyclic) bond motifs is 5. The Morgan fingerprint density at radius 2 is 1.61 bits per heavy atom. The topological polar surface area (TPSA) is 8.29 Å². The third-order valence-electron chi connectivity index (χ3n) is 8.08. The second kappa shape index (κ2) is 7.54. The summed E-state index contributed by atoms with van der Waals surface area (Å²) in [6, 6.07) is 27.2. The lowest BCUT2D eigenvalue weighted by molar-refractivity contribution is -0.643. The van der Waals surface area contributed by atoms with E-state index in [-0.39, 0.29) is 0 Å². The van der Waals surface area contributed by atoms with Crippen LogP contribution in [0.1, 0.15) is 30.5 Å². The molecule has 3 aromatic heterocycles. The van der Waals surface area contributed by atoms with E-state index in [2.05, 4.69) is 123 Å². The van der Waals surface area contributed by atoms with Crippen molar-refractivity contribution in [3.63, 3.8) is 0 Å². The van der Waals surface area contributed by atoms with Crippen molar-refractivity contribution >= 4 is 49.0 Å². The van der Waals surface area contributed by atoms with E-state index in [0.717, 1.165) is 6.42 Å². The first-order chi connectivity index (χ1) is 17.4. The van der Waals surface area contributed by atoms with Crippen molar-refractivity contribution in [2.24, 2.45) is 13.0 Å². The summed E-state index contributed by atoms with van der Waals surface area (Å²) in [5.74, 6) is 0.612. The maximum Gasteiger partial charge on any atom is 0.224 e. The monoisotopic (exact) mass is 467 g/mol. The third-order valence-corrected chi connectivity index (χ3v) is 8.08. The zero-order valence-electron chi connectivity index (χ0n) is 21.7. The van der Waals surface area contributed by atoms with Gasteiger partial charge in [0.25, 0.3) is 0 Å². The van der Waals surface area contributed by atoms with E-state index in [9.17, 15) is 0 Å². The smallest absolute Gasteiger partial charge is 0.224 e. The maximum atomic E-state index is 2.57. The second-order valence-electron chi connectivity index (χ2n) is 10.9. The summed E-state index contributed by atoms with van der Waals surface area (Å²) < 4.78 is 4.90. The van der Waals surface area contributed by atoms with Gasteiger partial charge in [0.2, 0.25) is 5.52 Å². The molecule has 0 aliphatic carbocycles. The Kier molecular flexibility index (Phi) is 4.48. The van der Waals surface area contributed by atoms with Crippen LogP contribution in [0.5, 0.6) is 0 Å². The summed E-state index contributed by atoms with van der Waals surface area (Å²) in [6.07, 6.45) is 3.32. The predicted molar refractivity (Wildman–Crippen MR) is 153 cm³/mol. The molecule has 0 atom stereocenters. The van der Waals surface area contributed by atoms with Crippen LogP contribution >= 0.6 is 0 Å². The van der Waals surface area contributed by atoms with Gasteiger partial charge in [-0.25, -0.2) is 4.57 Å². The van der Waals surface area contributed by atoms with Gasteiger partial charge in [-0.1, -0.05) is 62.4 Å². The molecule has 0 aliphatic heterocycles. The highest BCUT2D eigenvalue weighted by Crippen LogP contribution is 2.44. The van der Waals surface area contributed by atoms with E-state index in [4.69, 9.17) is 0 Å². The Hall–Kier alpha value is -3.91. The molecule has 4 aromatic carbocycles. The number of nitrogens with zero attached hydrogens (tertiary/aromatic N) is 2. The quantitative estimate of drug-likeness (QED) is 0.140. The van der Waals surface area contributed by atoms with E-state index < -0.39 is 0 Å². The minimum absolute atomic E-state index is 0.612. The van der Waals surface area contributed by atoms with E-state index in [0.29, 0.717) is 5.92 Å². The van der Waals surface area contributed by atoms with Crippen molar-refractivity contribution in [3.05, 3.63) is 95.7 Å². The molecule has 0 radical (unpaired) electrons. The van der Waals surface area contributed by atoms with Gasteiger partial charge in [-0.05, 0) is 77.6 Å². The molecule has 3 heterocycles. The Bertz CT molecular complexity index is 1960. The molecular weight excluding hydrogens is 436 g/mol. The highest BCUT2D eigenvalue weighted by atomic mass is 15.0. The van der Waals surface area contributed by atoms with Gasteiger partial charge in [0, 0.05) is 16.8 Å². The van der Waals surface area contributed by atoms with Crippen LogP contribution in [0.2, 0.25) is 0 Å². The predicted octanol–water partition coefficient (Wildman–Crippen LogP) is 8.30. The number of aromatic nitrogens is 2. The number of benzene rings is 4. The van der Waals surface area contributed by atoms with Crippen LogP contribution in [-0.2, 0) is 13.5 Å². The van der Waals surface area contributed by atoms with Gasteiger partial charge in [-0.3, -0.25) is 0 Å². The highest BCUT2D eigenvalue weighted by Gasteiger charge is 2.26. The molecule has 176 valence electrons. The van der Waals surface area contributed by atoms with Crippen LogP contribution in [0.4, 0.5) is 0 Å². The van der Waals surface area contributed by atoms with E-state index >= 15 is 0 Å². The molecule has 0 amide bonds. The van der Waals surface area contributed by atoms with Crippen molar-refractivity contribution in [1.82, 2.24) is 4.40 Å². The van der Waals surface area contributed by atoms with Crippen molar-refractivity contribution in [2.75, 3.05) is 0 Å². The fourth-order valence-electron chi connectivity index (χ4n) is 6.46. The van der Waals surface area contributed by atoms with Crippen LogP contribution in [0.3, 0.4) is 0 Å². The minimum atomic E-state index is 0.612. The average Bonchev–Trinajstić information content (AvgIpc) is 3.20. The molecule has 36 heavy (non-hydrogen) atoms. The average molecular weight is 468 g/mol. The fourth-order valence-corrected chi connectivity index (χ4v) is 6.46. The molecule has 0 aliphatic rings. The second-order valence-corrected chi connectivity index (χ2v) is 10.9. The van der Waals surface area contributed by atoms with Crippen LogP contribution < -0.4 is 4.57 Å². The molecule has 0 bridgehead atoms. The Labute approximate surface area is 211 Å². The first-order valence-electron chi connectivity index (χ1n) is 13.0. The normalized spacial score (nSPS) is 12.4. The summed E-state index contributed by atoms with van der Waals surface area (Å²) in [7, 11) is 2.20. The standard InChI is InChI=1S/C34H31N2/c1-20(2)16-23-18-25-14-15-35(5)34-30-22(4)21(3)17-27-32-26(24-10-7-6-8-11-24)12-9-13-28(32)36(33(27)30)29(19-23)31(25)34/h6-15,17-20H,16H2,1-5H3/q+1. The molecule has 0 fully saturated rings. The third kappa shape index (κ3) is 2.82. The molecule has 2 heteroatoms. The van der Waals surface area contributed by atoms with Gasteiger partial charge in [0.1, 0.15) is 7.05 Å². The Morgan fingerprint density at radius 1 is 0.806 bits per heavy atom. The summed E-state index contributed by atoms with van der Waals surface area (Å²) in [4.78, 5) is 0. The van der Waals surface area contributed by atoms with Crippen LogP contribution in [-0.4, -0.2) is 4.40 Å². The Morgan fingerprint density at radius 3 is 2.39 bits per heavy atom. The van der Waals surface area contributed by atoms with Gasteiger partial charge in [-0.15, -0.1) is 0 Å². The molecule has 2 nitrogen and oxygen atoms in total. The molecule has 0 saturated heterocycles. The van der Waals surface area contributed by atoms with Gasteiger partial charge >= 0.3 is 0 Å². The number of hydrogen-bond acceptors (Lipinski definition) is 0. The van der Waals surface area contributed by atoms with E-state index in [1.54, 1.807) is 0 Å². The lowest BCUT2D eigenvalue weighted by atomic mass is 9.93. The van der Waals surface area contributed by atoms with Crippen LogP contribution in [0, 0.1) is 19.8 Å². The zero-order chi connectivity index (χ0) is 24.7. The van der Waals surface area contributed by atoms with Gasteiger partial charge < -0.3 is 4.40 Å². The van der Waals surface area contributed by atoms with Crippen molar-refractivity contribution in [1.29, 1.82) is 0 Å². The van der Waals surface area contributed by atoms with E-state index in [1.807, 2.05) is 0 Å². The molecule has 0 unspecified atom stereocenters. The van der Waals surface area contributed by atoms with E-state index in [1.165, 1.54) is 76.8 Å². The van der Waals surface area contributed by atoms with Gasteiger partial charge in [0.05, 0.1) is 27.3 Å². The lowest BCUT2D eigenvalue weighted by Crippen LogP contribution is -2.29. The summed E-state index contributed by atoms with van der Waals surface area (Å²) in [6.45, 7) is 9.17. The molecule has 7 rings (SSSR count). The van der Waals surface area contributed by atoms with Gasteiger partial charge in [0.15, 0.2) is 6.20 Å². The zero-order valence-corrected chi connectivity index (χ0v) is 21.7. The molecule has 7 aromatic rings. The number of hydrogen-bond donors (Lipinski definition) is 0. The fraction of sp³-hybridized carbons (Fsp3) is 0.206. The SMILES string of the molecule is Cc1cc2c3c(-c4ccccc4)cccc3n3c4cc(CC(C)C)cc5cc[n+](C)c(c(c1C)c23)c54. The first-order valence-corrected chi connectivity index (χ1v) is 13.0. The Balaban J connectivity index is 1.82. The highest BCUT2D eigenvalue weighted by molar-refractivity contribution is 6.28. The summed E-state index contributed by atoms with van der Waals surface area (Å²) in [5, 5.41) is 6.76. The number of aryl methyl sites for hydroxylation is 3.